The van der Waals surface area contributed by atoms with Crippen molar-refractivity contribution in [3.8, 4) is 0 Å². The Morgan fingerprint density at radius 1 is 1.56 bits per heavy atom. The van der Waals surface area contributed by atoms with E-state index in [2.05, 4.69) is 22.2 Å². The predicted molar refractivity (Wildman–Crippen MR) is 61.3 cm³/mol. The van der Waals surface area contributed by atoms with Crippen LogP contribution in [0.3, 0.4) is 0 Å². The first-order chi connectivity index (χ1) is 7.52. The first-order valence-electron chi connectivity index (χ1n) is 4.59. The molecule has 2 aliphatic rings. The molecule has 84 valence electrons. The summed E-state index contributed by atoms with van der Waals surface area (Å²) in [6.07, 6.45) is 2.56. The van der Waals surface area contributed by atoms with Crippen molar-refractivity contribution in [2.75, 3.05) is 0 Å². The average Bonchev–Trinajstić information content (AvgIpc) is 2.61. The molecular formula is C10H8F2N2OS. The van der Waals surface area contributed by atoms with Crippen molar-refractivity contribution in [1.29, 1.82) is 0 Å². The van der Waals surface area contributed by atoms with Gasteiger partial charge in [0.05, 0.1) is 11.9 Å². The molecule has 0 fully saturated rings. The zero-order valence-electron chi connectivity index (χ0n) is 8.10. The highest BCUT2D eigenvalue weighted by Gasteiger charge is 2.43. The van der Waals surface area contributed by atoms with Crippen LogP contribution < -0.4 is 0 Å². The highest BCUT2D eigenvalue weighted by Crippen LogP contribution is 2.33. The Bertz CT molecular complexity index is 456. The van der Waals surface area contributed by atoms with E-state index in [1.165, 1.54) is 12.3 Å². The molecule has 0 amide bonds. The van der Waals surface area contributed by atoms with Gasteiger partial charge >= 0.3 is 0 Å². The van der Waals surface area contributed by atoms with Gasteiger partial charge in [-0.2, -0.15) is 0 Å². The quantitative estimate of drug-likeness (QED) is 0.749. The lowest BCUT2D eigenvalue weighted by Crippen LogP contribution is -2.42. The molecule has 0 spiro atoms. The number of halogens is 2. The number of aliphatic hydroxyl groups is 1. The van der Waals surface area contributed by atoms with Crippen LogP contribution in [0.15, 0.2) is 34.0 Å². The molecule has 16 heavy (non-hydrogen) atoms. The molecule has 0 saturated carbocycles. The first-order valence-corrected chi connectivity index (χ1v) is 5.00. The van der Waals surface area contributed by atoms with Gasteiger partial charge in [-0.25, -0.2) is 18.8 Å². The Morgan fingerprint density at radius 2 is 2.31 bits per heavy atom. The Labute approximate surface area is 95.9 Å². The summed E-state index contributed by atoms with van der Waals surface area (Å²) >= 11 is 4.68. The number of nitrogens with zero attached hydrogens (tertiary/aromatic N) is 2. The van der Waals surface area contributed by atoms with Gasteiger partial charge in [0.25, 0.3) is 0 Å². The van der Waals surface area contributed by atoms with E-state index in [4.69, 9.17) is 0 Å². The zero-order valence-corrected chi connectivity index (χ0v) is 8.92. The van der Waals surface area contributed by atoms with Crippen LogP contribution in [0.2, 0.25) is 0 Å². The lowest BCUT2D eigenvalue weighted by atomic mass is 9.87. The van der Waals surface area contributed by atoms with Gasteiger partial charge < -0.3 is 5.11 Å². The molecule has 2 atom stereocenters. The van der Waals surface area contributed by atoms with Crippen molar-refractivity contribution in [3.63, 3.8) is 0 Å². The van der Waals surface area contributed by atoms with Gasteiger partial charge in [-0.1, -0.05) is 6.08 Å². The minimum absolute atomic E-state index is 0.102. The molecule has 1 aliphatic heterocycles. The Balaban J connectivity index is 2.23. The molecular weight excluding hydrogens is 234 g/mol. The molecule has 0 bridgehead atoms. The third kappa shape index (κ3) is 1.85. The second-order valence-corrected chi connectivity index (χ2v) is 3.91. The van der Waals surface area contributed by atoms with Gasteiger partial charge in [0.1, 0.15) is 5.83 Å². The molecule has 0 saturated heterocycles. The highest BCUT2D eigenvalue weighted by molar-refractivity contribution is 7.80. The molecule has 1 aliphatic carbocycles. The van der Waals surface area contributed by atoms with Crippen LogP contribution in [0.4, 0.5) is 8.78 Å². The fraction of sp³-hybridized carbons (Fsp3) is 0.300. The summed E-state index contributed by atoms with van der Waals surface area (Å²) in [4.78, 5) is 7.45. The minimum Gasteiger partial charge on any atom is -0.379 e. The van der Waals surface area contributed by atoms with E-state index in [-0.39, 0.29) is 17.2 Å². The molecule has 0 radical (unpaired) electrons. The number of allylic oxidation sites excluding steroid dienone is 2. The van der Waals surface area contributed by atoms with Crippen LogP contribution in [-0.4, -0.2) is 33.9 Å². The van der Waals surface area contributed by atoms with E-state index < -0.39 is 17.6 Å². The van der Waals surface area contributed by atoms with E-state index >= 15 is 0 Å². The Hall–Kier alpha value is -1.27. The van der Waals surface area contributed by atoms with Crippen LogP contribution in [0.5, 0.6) is 0 Å². The topological polar surface area (TPSA) is 45.0 Å². The number of thiocarbonyl (C=S) groups is 1. The van der Waals surface area contributed by atoms with E-state index in [0.29, 0.717) is 0 Å². The fourth-order valence-corrected chi connectivity index (χ4v) is 1.70. The van der Waals surface area contributed by atoms with Crippen molar-refractivity contribution in [1.82, 2.24) is 0 Å². The number of aliphatic imine (C=N–C) groups is 2. The third-order valence-electron chi connectivity index (χ3n) is 2.41. The van der Waals surface area contributed by atoms with Crippen molar-refractivity contribution >= 4 is 29.3 Å². The van der Waals surface area contributed by atoms with Crippen LogP contribution in [0, 0.1) is 0 Å². The SMILES string of the molecule is OC1(CC2=NC(=S)N=C2)C(F)=CC=CC1F. The lowest BCUT2D eigenvalue weighted by Gasteiger charge is -2.29. The molecule has 2 unspecified atom stereocenters. The van der Waals surface area contributed by atoms with Gasteiger partial charge in [0, 0.05) is 6.42 Å². The molecule has 1 N–H and O–H groups in total. The van der Waals surface area contributed by atoms with E-state index in [9.17, 15) is 13.9 Å². The zero-order chi connectivity index (χ0) is 11.8. The molecule has 3 nitrogen and oxygen atoms in total. The normalized spacial score (nSPS) is 32.9. The van der Waals surface area contributed by atoms with E-state index in [1.807, 2.05) is 0 Å². The summed E-state index contributed by atoms with van der Waals surface area (Å²) in [5.41, 5.74) is -1.92. The average molecular weight is 242 g/mol. The molecule has 6 heteroatoms. The van der Waals surface area contributed by atoms with Crippen LogP contribution >= 0.6 is 12.2 Å². The third-order valence-corrected chi connectivity index (χ3v) is 2.60. The maximum atomic E-state index is 13.5. The van der Waals surface area contributed by atoms with Crippen molar-refractivity contribution in [2.45, 2.75) is 18.2 Å². The Kier molecular flexibility index (Phi) is 2.77. The summed E-state index contributed by atoms with van der Waals surface area (Å²) in [5, 5.41) is 10.0. The smallest absolute Gasteiger partial charge is 0.219 e. The Morgan fingerprint density at radius 3 is 2.88 bits per heavy atom. The predicted octanol–water partition coefficient (Wildman–Crippen LogP) is 1.68. The molecule has 0 aromatic rings. The van der Waals surface area contributed by atoms with E-state index in [1.54, 1.807) is 0 Å². The molecule has 0 aromatic heterocycles. The first kappa shape index (κ1) is 11.2. The summed E-state index contributed by atoms with van der Waals surface area (Å²) < 4.78 is 26.9. The summed E-state index contributed by atoms with van der Waals surface area (Å²) in [6, 6.07) is 0. The number of alkyl halides is 1. The summed E-state index contributed by atoms with van der Waals surface area (Å²) in [7, 11) is 0. The number of hydrogen-bond acceptors (Lipinski definition) is 2. The van der Waals surface area contributed by atoms with Crippen LogP contribution in [0.25, 0.3) is 0 Å². The molecule has 2 rings (SSSR count). The standard InChI is InChI=1S/C10H8F2N2OS/c11-7-2-1-3-8(12)10(7,15)4-6-5-13-9(16)14-6/h1-3,5,7,15H,4H2. The summed E-state index contributed by atoms with van der Waals surface area (Å²) in [6.45, 7) is 0. The largest absolute Gasteiger partial charge is 0.379 e. The van der Waals surface area contributed by atoms with Gasteiger partial charge in [0.15, 0.2) is 11.8 Å². The second kappa shape index (κ2) is 3.95. The van der Waals surface area contributed by atoms with Gasteiger partial charge in [0.2, 0.25) is 5.11 Å². The highest BCUT2D eigenvalue weighted by atomic mass is 32.1. The minimum atomic E-state index is -2.19. The maximum Gasteiger partial charge on any atom is 0.219 e. The van der Waals surface area contributed by atoms with Gasteiger partial charge in [-0.3, -0.25) is 0 Å². The number of hydrogen-bond donors (Lipinski definition) is 1. The van der Waals surface area contributed by atoms with Gasteiger partial charge in [-0.15, -0.1) is 0 Å². The maximum absolute atomic E-state index is 13.5. The van der Waals surface area contributed by atoms with Crippen molar-refractivity contribution in [2.24, 2.45) is 9.98 Å². The molecule has 0 aromatic carbocycles. The van der Waals surface area contributed by atoms with Crippen molar-refractivity contribution in [3.05, 3.63) is 24.1 Å². The lowest BCUT2D eigenvalue weighted by molar-refractivity contribution is 0.00395. The van der Waals surface area contributed by atoms with Crippen LogP contribution in [-0.2, 0) is 0 Å². The van der Waals surface area contributed by atoms with E-state index in [0.717, 1.165) is 12.2 Å². The second-order valence-electron chi connectivity index (χ2n) is 3.55. The number of rotatable bonds is 2. The molecule has 1 heterocycles. The summed E-state index contributed by atoms with van der Waals surface area (Å²) in [5.74, 6) is -0.920. The van der Waals surface area contributed by atoms with Crippen LogP contribution in [0.1, 0.15) is 6.42 Å². The van der Waals surface area contributed by atoms with Crippen molar-refractivity contribution < 1.29 is 13.9 Å². The van der Waals surface area contributed by atoms with Gasteiger partial charge in [-0.05, 0) is 24.4 Å². The monoisotopic (exact) mass is 242 g/mol. The fourth-order valence-electron chi connectivity index (χ4n) is 1.53.